The van der Waals surface area contributed by atoms with Crippen LogP contribution < -0.4 is 16.4 Å². The number of aryl methyl sites for hydroxylation is 1. The Morgan fingerprint density at radius 2 is 1.70 bits per heavy atom. The lowest BCUT2D eigenvalue weighted by molar-refractivity contribution is -0.137. The van der Waals surface area contributed by atoms with Crippen molar-refractivity contribution in [2.75, 3.05) is 11.9 Å². The minimum absolute atomic E-state index is 0.0208. The van der Waals surface area contributed by atoms with Gasteiger partial charge >= 0.3 is 6.18 Å². The van der Waals surface area contributed by atoms with Crippen LogP contribution in [0.3, 0.4) is 0 Å². The molecule has 1 heterocycles. The molecule has 0 bridgehead atoms. The van der Waals surface area contributed by atoms with Crippen molar-refractivity contribution in [3.05, 3.63) is 70.2 Å². The number of nitrogens with two attached hydrogens (primary N) is 1. The van der Waals surface area contributed by atoms with Crippen LogP contribution in [0.2, 0.25) is 0 Å². The summed E-state index contributed by atoms with van der Waals surface area (Å²) in [5.41, 5.74) is 5.58. The van der Waals surface area contributed by atoms with Crippen molar-refractivity contribution in [3.8, 4) is 10.6 Å². The molecule has 172 valence electrons. The molecule has 3 rings (SSSR count). The lowest BCUT2D eigenvalue weighted by Crippen LogP contribution is -2.28. The van der Waals surface area contributed by atoms with Gasteiger partial charge in [-0.05, 0) is 31.2 Å². The van der Waals surface area contributed by atoms with Crippen LogP contribution in [0.4, 0.5) is 18.9 Å². The maximum Gasteiger partial charge on any atom is 0.416 e. The number of carbonyl (C=O) groups is 3. The van der Waals surface area contributed by atoms with E-state index >= 15 is 0 Å². The van der Waals surface area contributed by atoms with Gasteiger partial charge in [0.1, 0.15) is 9.88 Å². The lowest BCUT2D eigenvalue weighted by Gasteiger charge is -2.10. The summed E-state index contributed by atoms with van der Waals surface area (Å²) in [6, 6.07) is 10.8. The van der Waals surface area contributed by atoms with Crippen LogP contribution in [0.5, 0.6) is 0 Å². The van der Waals surface area contributed by atoms with E-state index in [9.17, 15) is 27.6 Å². The summed E-state index contributed by atoms with van der Waals surface area (Å²) < 4.78 is 38.3. The van der Waals surface area contributed by atoms with Gasteiger partial charge in [0.25, 0.3) is 11.8 Å². The Balaban J connectivity index is 1.78. The first-order valence-corrected chi connectivity index (χ1v) is 10.5. The van der Waals surface area contributed by atoms with Crippen LogP contribution >= 0.6 is 11.3 Å². The van der Waals surface area contributed by atoms with Gasteiger partial charge in [-0.25, -0.2) is 4.98 Å². The maximum atomic E-state index is 12.9. The fraction of sp³-hybridized carbons (Fsp3) is 0.182. The van der Waals surface area contributed by atoms with Crippen molar-refractivity contribution < 1.29 is 27.6 Å². The molecule has 0 spiro atoms. The van der Waals surface area contributed by atoms with Gasteiger partial charge in [-0.15, -0.1) is 11.3 Å². The monoisotopic (exact) mass is 476 g/mol. The van der Waals surface area contributed by atoms with E-state index < -0.39 is 29.5 Å². The van der Waals surface area contributed by atoms with Gasteiger partial charge in [-0.2, -0.15) is 13.2 Å². The number of nitrogens with one attached hydrogen (secondary N) is 2. The van der Waals surface area contributed by atoms with Crippen molar-refractivity contribution >= 4 is 34.7 Å². The average Bonchev–Trinajstić information content (AvgIpc) is 3.15. The smallest absolute Gasteiger partial charge is 0.370 e. The fourth-order valence-corrected chi connectivity index (χ4v) is 3.86. The third kappa shape index (κ3) is 5.95. The molecular weight excluding hydrogens is 457 g/mol. The van der Waals surface area contributed by atoms with E-state index in [1.165, 1.54) is 18.2 Å². The van der Waals surface area contributed by atoms with Crippen molar-refractivity contribution in [1.82, 2.24) is 10.3 Å². The SMILES string of the molecule is Cc1nc(-c2ccc(C(F)(F)F)cc2)sc1C(=O)Nc1ccccc1C(=O)NCCC(N)=O. The molecular formula is C22H19F3N4O3S. The number of primary amides is 1. The zero-order valence-electron chi connectivity index (χ0n) is 17.3. The lowest BCUT2D eigenvalue weighted by atomic mass is 10.1. The highest BCUT2D eigenvalue weighted by Gasteiger charge is 2.30. The maximum absolute atomic E-state index is 12.9. The van der Waals surface area contributed by atoms with E-state index in [0.717, 1.165) is 23.5 Å². The van der Waals surface area contributed by atoms with Crippen LogP contribution in [-0.4, -0.2) is 29.3 Å². The second kappa shape index (κ2) is 9.82. The number of hydrogen-bond donors (Lipinski definition) is 3. The number of rotatable bonds is 7. The van der Waals surface area contributed by atoms with Gasteiger partial charge in [0.05, 0.1) is 22.5 Å². The van der Waals surface area contributed by atoms with Crippen molar-refractivity contribution in [1.29, 1.82) is 0 Å². The standard InChI is InChI=1S/C22H19F3N4O3S/c1-12-18(33-21(28-12)13-6-8-14(9-7-13)22(23,24)25)20(32)29-16-5-3-2-4-15(16)19(31)27-11-10-17(26)30/h2-9H,10-11H2,1H3,(H2,26,30)(H,27,31)(H,29,32). The van der Waals surface area contributed by atoms with Gasteiger partial charge in [-0.1, -0.05) is 24.3 Å². The Morgan fingerprint density at radius 3 is 2.33 bits per heavy atom. The molecule has 0 unspecified atom stereocenters. The molecule has 0 aliphatic rings. The van der Waals surface area contributed by atoms with E-state index in [1.807, 2.05) is 0 Å². The molecule has 7 nitrogen and oxygen atoms in total. The Hall–Kier alpha value is -3.73. The highest BCUT2D eigenvalue weighted by molar-refractivity contribution is 7.17. The van der Waals surface area contributed by atoms with Gasteiger partial charge in [-0.3, -0.25) is 14.4 Å². The predicted molar refractivity (Wildman–Crippen MR) is 118 cm³/mol. The number of halogens is 3. The minimum Gasteiger partial charge on any atom is -0.370 e. The first-order chi connectivity index (χ1) is 15.6. The van der Waals surface area contributed by atoms with Crippen LogP contribution in [0.25, 0.3) is 10.6 Å². The fourth-order valence-electron chi connectivity index (χ4n) is 2.90. The molecule has 4 N–H and O–H groups in total. The Bertz CT molecular complexity index is 1190. The summed E-state index contributed by atoms with van der Waals surface area (Å²) in [4.78, 5) is 40.7. The van der Waals surface area contributed by atoms with E-state index in [-0.39, 0.29) is 29.1 Å². The largest absolute Gasteiger partial charge is 0.416 e. The molecule has 2 aromatic carbocycles. The molecule has 3 aromatic rings. The van der Waals surface area contributed by atoms with Gasteiger partial charge in [0.15, 0.2) is 0 Å². The molecule has 11 heteroatoms. The summed E-state index contributed by atoms with van der Waals surface area (Å²) in [6.07, 6.45) is -4.46. The highest BCUT2D eigenvalue weighted by atomic mass is 32.1. The highest BCUT2D eigenvalue weighted by Crippen LogP contribution is 2.33. The molecule has 1 aromatic heterocycles. The van der Waals surface area contributed by atoms with E-state index in [0.29, 0.717) is 16.3 Å². The van der Waals surface area contributed by atoms with Gasteiger partial charge in [0.2, 0.25) is 5.91 Å². The van der Waals surface area contributed by atoms with Crippen molar-refractivity contribution in [3.63, 3.8) is 0 Å². The third-order valence-corrected chi connectivity index (χ3v) is 5.74. The van der Waals surface area contributed by atoms with Crippen LogP contribution in [0, 0.1) is 6.92 Å². The minimum atomic E-state index is -4.44. The van der Waals surface area contributed by atoms with E-state index in [1.54, 1.807) is 25.1 Å². The van der Waals surface area contributed by atoms with Crippen LogP contribution in [-0.2, 0) is 11.0 Å². The number of alkyl halides is 3. The Morgan fingerprint density at radius 1 is 1.03 bits per heavy atom. The third-order valence-electron chi connectivity index (χ3n) is 4.54. The normalized spacial score (nSPS) is 11.2. The van der Waals surface area contributed by atoms with Gasteiger partial charge in [0, 0.05) is 18.5 Å². The molecule has 0 fully saturated rings. The van der Waals surface area contributed by atoms with E-state index in [2.05, 4.69) is 15.6 Å². The summed E-state index contributed by atoms with van der Waals surface area (Å²) in [7, 11) is 0. The molecule has 0 atom stereocenters. The first-order valence-electron chi connectivity index (χ1n) is 9.68. The number of nitrogens with zero attached hydrogens (tertiary/aromatic N) is 1. The predicted octanol–water partition coefficient (Wildman–Crippen LogP) is 3.99. The molecule has 3 amide bonds. The molecule has 0 saturated carbocycles. The summed E-state index contributed by atoms with van der Waals surface area (Å²) in [6.45, 7) is 1.67. The first kappa shape index (κ1) is 23.9. The number of para-hydroxylation sites is 1. The number of benzene rings is 2. The van der Waals surface area contributed by atoms with Crippen molar-refractivity contribution in [2.24, 2.45) is 5.73 Å². The molecule has 0 radical (unpaired) electrons. The average molecular weight is 476 g/mol. The van der Waals surface area contributed by atoms with Crippen LogP contribution in [0.15, 0.2) is 48.5 Å². The zero-order chi connectivity index (χ0) is 24.2. The number of thiazole rings is 1. The number of aromatic nitrogens is 1. The summed E-state index contributed by atoms with van der Waals surface area (Å²) in [5, 5.41) is 5.62. The zero-order valence-corrected chi connectivity index (χ0v) is 18.1. The number of anilines is 1. The molecule has 0 aliphatic heterocycles. The second-order valence-corrected chi connectivity index (χ2v) is 7.98. The number of amides is 3. The van der Waals surface area contributed by atoms with Crippen LogP contribution in [0.1, 0.15) is 37.7 Å². The molecule has 33 heavy (non-hydrogen) atoms. The molecule has 0 saturated heterocycles. The van der Waals surface area contributed by atoms with Gasteiger partial charge < -0.3 is 16.4 Å². The Labute approximate surface area is 190 Å². The topological polar surface area (TPSA) is 114 Å². The van der Waals surface area contributed by atoms with Crippen molar-refractivity contribution in [2.45, 2.75) is 19.5 Å². The summed E-state index contributed by atoms with van der Waals surface area (Å²) in [5.74, 6) is -1.56. The summed E-state index contributed by atoms with van der Waals surface area (Å²) >= 11 is 1.03. The Kier molecular flexibility index (Phi) is 7.12. The number of hydrogen-bond acceptors (Lipinski definition) is 5. The second-order valence-electron chi connectivity index (χ2n) is 6.98. The quantitative estimate of drug-likeness (QED) is 0.478. The molecule has 0 aliphatic carbocycles. The number of carbonyl (C=O) groups excluding carboxylic acids is 3. The van der Waals surface area contributed by atoms with E-state index in [4.69, 9.17) is 5.73 Å².